The maximum atomic E-state index is 8.49. The average Bonchev–Trinajstić information content (AvgIpc) is 2.37. The molecule has 3 rings (SSSR count). The molecular formula is C14H11ClO4Se. The molecule has 20 heavy (non-hydrogen) atoms. The standard InChI is InChI=1S/C14H11Se.ClHO4/c1-10-11-6-2-4-8-13(11)15-14-9-5-3-7-12(10)14;2-1(3,4)5/h2-9H,1H3;(H,2,3,4,5)/q+1;/p-1. The summed E-state index contributed by atoms with van der Waals surface area (Å²) in [6.07, 6.45) is 0. The maximum absolute atomic E-state index is 8.49. The fourth-order valence-electron chi connectivity index (χ4n) is 1.99. The summed E-state index contributed by atoms with van der Waals surface area (Å²) >= 11 is 0.479. The van der Waals surface area contributed by atoms with Crippen molar-refractivity contribution in [2.45, 2.75) is 6.92 Å². The number of hydrogen-bond donors (Lipinski definition) is 0. The van der Waals surface area contributed by atoms with E-state index in [0.717, 1.165) is 0 Å². The van der Waals surface area contributed by atoms with Gasteiger partial charge in [-0.3, -0.25) is 0 Å². The van der Waals surface area contributed by atoms with Crippen molar-refractivity contribution in [2.75, 3.05) is 0 Å². The predicted molar refractivity (Wildman–Crippen MR) is 67.5 cm³/mol. The Morgan fingerprint density at radius 2 is 1.10 bits per heavy atom. The second-order valence-corrected chi connectivity index (χ2v) is 7.13. The van der Waals surface area contributed by atoms with E-state index in [0.29, 0.717) is 14.5 Å². The second-order valence-electron chi connectivity index (χ2n) is 4.10. The molecule has 2 aromatic carbocycles. The van der Waals surface area contributed by atoms with Crippen LogP contribution >= 0.6 is 0 Å². The summed E-state index contributed by atoms with van der Waals surface area (Å²) in [6.45, 7) is 2.23. The van der Waals surface area contributed by atoms with Crippen molar-refractivity contribution in [2.24, 2.45) is 0 Å². The molecule has 3 aromatic rings. The third-order valence-corrected chi connectivity index (χ3v) is 5.22. The normalized spacial score (nSPS) is 11.2. The van der Waals surface area contributed by atoms with Crippen LogP contribution in [-0.4, -0.2) is 14.5 Å². The molecule has 0 aliphatic heterocycles. The summed E-state index contributed by atoms with van der Waals surface area (Å²) in [7, 11) is -4.94. The van der Waals surface area contributed by atoms with Gasteiger partial charge in [0.1, 0.15) is 0 Å². The number of aryl methyl sites for hydroxylation is 1. The molecule has 0 N–H and O–H groups in total. The molecule has 0 saturated carbocycles. The zero-order valence-electron chi connectivity index (χ0n) is 10.5. The molecule has 0 spiro atoms. The number of rotatable bonds is 0. The average molecular weight is 358 g/mol. The van der Waals surface area contributed by atoms with Gasteiger partial charge in [-0.25, -0.2) is 18.6 Å². The molecule has 1 aromatic heterocycles. The summed E-state index contributed by atoms with van der Waals surface area (Å²) in [5.74, 6) is 0. The zero-order valence-corrected chi connectivity index (χ0v) is 13.0. The molecule has 104 valence electrons. The molecule has 0 amide bonds. The topological polar surface area (TPSA) is 92.2 Å². The molecule has 4 nitrogen and oxygen atoms in total. The fourth-order valence-corrected chi connectivity index (χ4v) is 4.50. The number of halogens is 1. The Kier molecular flexibility index (Phi) is 4.73. The van der Waals surface area contributed by atoms with Gasteiger partial charge in [0.05, 0.1) is 0 Å². The van der Waals surface area contributed by atoms with Crippen molar-refractivity contribution in [3.63, 3.8) is 0 Å². The first-order valence-electron chi connectivity index (χ1n) is 5.68. The molecular weight excluding hydrogens is 347 g/mol. The predicted octanol–water partition coefficient (Wildman–Crippen LogP) is -1.12. The first kappa shape index (κ1) is 15.4. The van der Waals surface area contributed by atoms with Crippen LogP contribution in [0.3, 0.4) is 0 Å². The summed E-state index contributed by atoms with van der Waals surface area (Å²) < 4.78 is 37.0. The van der Waals surface area contributed by atoms with E-state index in [1.165, 1.54) is 24.9 Å². The Balaban J connectivity index is 0.000000257. The van der Waals surface area contributed by atoms with Crippen LogP contribution in [0.15, 0.2) is 48.5 Å². The molecule has 0 aliphatic carbocycles. The minimum Gasteiger partial charge on any atom is -0.222 e. The van der Waals surface area contributed by atoms with Crippen LogP contribution < -0.4 is 18.6 Å². The first-order chi connectivity index (χ1) is 9.36. The van der Waals surface area contributed by atoms with E-state index in [2.05, 4.69) is 55.5 Å². The van der Waals surface area contributed by atoms with Crippen LogP contribution in [0.4, 0.5) is 0 Å². The minimum atomic E-state index is -4.94. The van der Waals surface area contributed by atoms with Crippen molar-refractivity contribution in [1.29, 1.82) is 0 Å². The summed E-state index contributed by atoms with van der Waals surface area (Å²) in [5, 5.41) is 2.88. The van der Waals surface area contributed by atoms with Gasteiger partial charge < -0.3 is 0 Å². The van der Waals surface area contributed by atoms with Crippen LogP contribution in [0.1, 0.15) is 5.56 Å². The zero-order chi connectivity index (χ0) is 14.8. The van der Waals surface area contributed by atoms with Crippen LogP contribution in [0, 0.1) is 17.2 Å². The smallest absolute Gasteiger partial charge is 0.112 e. The molecule has 0 saturated heterocycles. The van der Waals surface area contributed by atoms with Crippen molar-refractivity contribution in [3.05, 3.63) is 54.1 Å². The van der Waals surface area contributed by atoms with Gasteiger partial charge in [0.2, 0.25) is 0 Å². The van der Waals surface area contributed by atoms with Crippen molar-refractivity contribution < 1.29 is 28.9 Å². The van der Waals surface area contributed by atoms with Gasteiger partial charge in [-0.15, -0.1) is 10.2 Å². The first-order valence-corrected chi connectivity index (χ1v) is 8.63. The van der Waals surface area contributed by atoms with Crippen molar-refractivity contribution >= 4 is 33.8 Å². The van der Waals surface area contributed by atoms with E-state index >= 15 is 0 Å². The molecule has 6 heteroatoms. The van der Waals surface area contributed by atoms with Gasteiger partial charge in [0, 0.05) is 0 Å². The Labute approximate surface area is 124 Å². The monoisotopic (exact) mass is 358 g/mol. The van der Waals surface area contributed by atoms with Crippen molar-refractivity contribution in [3.8, 4) is 0 Å². The van der Waals surface area contributed by atoms with E-state index in [9.17, 15) is 0 Å². The SMILES string of the molecule is Cc1c2ccccc2[se+]c2ccccc12.[O-][Cl+3]([O-])([O-])[O-]. The van der Waals surface area contributed by atoms with Crippen LogP contribution in [0.25, 0.3) is 19.3 Å². The van der Waals surface area contributed by atoms with E-state index in [4.69, 9.17) is 18.6 Å². The van der Waals surface area contributed by atoms with E-state index < -0.39 is 10.2 Å². The largest absolute Gasteiger partial charge is 0.222 e. The Morgan fingerprint density at radius 3 is 1.50 bits per heavy atom. The fraction of sp³-hybridized carbons (Fsp3) is 0.0714. The van der Waals surface area contributed by atoms with Crippen LogP contribution in [0.2, 0.25) is 0 Å². The molecule has 0 unspecified atom stereocenters. The molecule has 0 bridgehead atoms. The van der Waals surface area contributed by atoms with E-state index in [1.807, 2.05) is 0 Å². The van der Waals surface area contributed by atoms with E-state index in [-0.39, 0.29) is 0 Å². The minimum absolute atomic E-state index is 0.479. The Morgan fingerprint density at radius 1 is 0.750 bits per heavy atom. The van der Waals surface area contributed by atoms with Gasteiger partial charge >= 0.3 is 94.8 Å². The Hall–Kier alpha value is -1.04. The van der Waals surface area contributed by atoms with Gasteiger partial charge in [-0.1, -0.05) is 0 Å². The molecule has 0 radical (unpaired) electrons. The maximum Gasteiger partial charge on any atom is -0.112 e. The number of hydrogen-bond acceptors (Lipinski definition) is 4. The third-order valence-electron chi connectivity index (χ3n) is 2.80. The third kappa shape index (κ3) is 3.98. The molecule has 0 atom stereocenters. The van der Waals surface area contributed by atoms with Crippen molar-refractivity contribution in [1.82, 2.24) is 0 Å². The Bertz CT molecular complexity index is 680. The summed E-state index contributed by atoms with van der Waals surface area (Å²) in [4.78, 5) is 0. The van der Waals surface area contributed by atoms with Gasteiger partial charge in [0.25, 0.3) is 0 Å². The van der Waals surface area contributed by atoms with Gasteiger partial charge in [0.15, 0.2) is 0 Å². The molecule has 1 heterocycles. The van der Waals surface area contributed by atoms with Crippen LogP contribution in [0.5, 0.6) is 0 Å². The quantitative estimate of drug-likeness (QED) is 0.376. The van der Waals surface area contributed by atoms with Gasteiger partial charge in [-0.2, -0.15) is 0 Å². The number of benzene rings is 2. The molecule has 0 aliphatic rings. The second kappa shape index (κ2) is 6.16. The number of fused-ring (bicyclic) bond motifs is 2. The summed E-state index contributed by atoms with van der Waals surface area (Å²) in [5.41, 5.74) is 1.43. The van der Waals surface area contributed by atoms with E-state index in [1.54, 1.807) is 0 Å². The molecule has 0 fully saturated rings. The van der Waals surface area contributed by atoms with Gasteiger partial charge in [-0.05, 0) is 0 Å². The summed E-state index contributed by atoms with van der Waals surface area (Å²) in [6, 6.07) is 17.5. The van der Waals surface area contributed by atoms with Crippen LogP contribution in [-0.2, 0) is 0 Å².